The molecule has 19 heavy (non-hydrogen) atoms. The molecule has 0 aliphatic heterocycles. The number of benzene rings is 1. The maximum Gasteiger partial charge on any atom is 0.178 e. The third-order valence-corrected chi connectivity index (χ3v) is 3.98. The molecule has 1 aromatic heterocycles. The van der Waals surface area contributed by atoms with Gasteiger partial charge in [-0.3, -0.25) is 0 Å². The van der Waals surface area contributed by atoms with E-state index in [1.54, 1.807) is 6.07 Å². The first-order chi connectivity index (χ1) is 9.13. The lowest BCUT2D eigenvalue weighted by Gasteiger charge is -2.05. The summed E-state index contributed by atoms with van der Waals surface area (Å²) < 4.78 is 22.2. The molecule has 0 aliphatic rings. The van der Waals surface area contributed by atoms with E-state index in [4.69, 9.17) is 17.0 Å². The van der Waals surface area contributed by atoms with Crippen LogP contribution < -0.4 is 0 Å². The normalized spacial score (nSPS) is 11.3. The molecule has 104 valence electrons. The van der Waals surface area contributed by atoms with E-state index in [0.717, 1.165) is 37.0 Å². The fourth-order valence-electron chi connectivity index (χ4n) is 1.94. The zero-order chi connectivity index (χ0) is 13.8. The maximum absolute atomic E-state index is 13.6. The Kier molecular flexibility index (Phi) is 5.35. The fourth-order valence-corrected chi connectivity index (χ4v) is 2.71. The third-order valence-electron chi connectivity index (χ3n) is 2.84. The van der Waals surface area contributed by atoms with Crippen LogP contribution in [-0.2, 0) is 11.3 Å². The predicted octanol–water partition coefficient (Wildman–Crippen LogP) is 4.26. The standard InChI is InChI=1S/C13H16FIN2OS/c1-2-5-18-6-3-4-17-12-7-9(14)10(15)8-11(12)16-13(17)19/h7-8H,2-6H2,1H3,(H,16,19). The van der Waals surface area contributed by atoms with E-state index in [9.17, 15) is 4.39 Å². The lowest BCUT2D eigenvalue weighted by Crippen LogP contribution is -2.03. The van der Waals surface area contributed by atoms with Crippen LogP contribution in [0.15, 0.2) is 12.1 Å². The zero-order valence-electron chi connectivity index (χ0n) is 10.7. The van der Waals surface area contributed by atoms with Crippen molar-refractivity contribution in [3.63, 3.8) is 0 Å². The number of halogens is 2. The monoisotopic (exact) mass is 394 g/mol. The number of aromatic nitrogens is 2. The highest BCUT2D eigenvalue weighted by atomic mass is 127. The first-order valence-corrected chi connectivity index (χ1v) is 7.77. The Bertz CT molecular complexity index is 623. The first-order valence-electron chi connectivity index (χ1n) is 6.28. The lowest BCUT2D eigenvalue weighted by molar-refractivity contribution is 0.129. The van der Waals surface area contributed by atoms with Gasteiger partial charge in [-0.2, -0.15) is 0 Å². The van der Waals surface area contributed by atoms with Gasteiger partial charge in [0.15, 0.2) is 4.77 Å². The van der Waals surface area contributed by atoms with Crippen LogP contribution in [0, 0.1) is 14.2 Å². The summed E-state index contributed by atoms with van der Waals surface area (Å²) in [6.45, 7) is 4.31. The molecule has 1 heterocycles. The number of H-pyrrole nitrogens is 1. The molecule has 0 saturated carbocycles. The van der Waals surface area contributed by atoms with Crippen LogP contribution in [0.1, 0.15) is 19.8 Å². The van der Waals surface area contributed by atoms with Crippen molar-refractivity contribution in [3.05, 3.63) is 26.3 Å². The van der Waals surface area contributed by atoms with Crippen molar-refractivity contribution in [2.75, 3.05) is 13.2 Å². The van der Waals surface area contributed by atoms with E-state index in [-0.39, 0.29) is 5.82 Å². The van der Waals surface area contributed by atoms with E-state index in [0.29, 0.717) is 14.9 Å². The fraction of sp³-hybridized carbons (Fsp3) is 0.462. The van der Waals surface area contributed by atoms with Gasteiger partial charge in [-0.1, -0.05) is 6.92 Å². The van der Waals surface area contributed by atoms with E-state index < -0.39 is 0 Å². The van der Waals surface area contributed by atoms with Gasteiger partial charge in [0.05, 0.1) is 14.6 Å². The zero-order valence-corrected chi connectivity index (χ0v) is 13.7. The third kappa shape index (κ3) is 3.55. The summed E-state index contributed by atoms with van der Waals surface area (Å²) in [6.07, 6.45) is 1.89. The van der Waals surface area contributed by atoms with Crippen molar-refractivity contribution < 1.29 is 9.13 Å². The number of hydrogen-bond acceptors (Lipinski definition) is 2. The molecule has 3 nitrogen and oxygen atoms in total. The maximum atomic E-state index is 13.6. The molecule has 2 rings (SSSR count). The van der Waals surface area contributed by atoms with Gasteiger partial charge in [0, 0.05) is 25.8 Å². The largest absolute Gasteiger partial charge is 0.381 e. The van der Waals surface area contributed by atoms with Crippen molar-refractivity contribution in [1.29, 1.82) is 0 Å². The highest BCUT2D eigenvalue weighted by molar-refractivity contribution is 14.1. The molecule has 0 radical (unpaired) electrons. The molecule has 6 heteroatoms. The molecule has 1 aromatic carbocycles. The Labute approximate surface area is 130 Å². The van der Waals surface area contributed by atoms with Crippen molar-refractivity contribution in [1.82, 2.24) is 9.55 Å². The molecule has 0 saturated heterocycles. The van der Waals surface area contributed by atoms with E-state index in [1.165, 1.54) is 6.07 Å². The van der Waals surface area contributed by atoms with Gasteiger partial charge < -0.3 is 14.3 Å². The van der Waals surface area contributed by atoms with Gasteiger partial charge in [0.2, 0.25) is 0 Å². The van der Waals surface area contributed by atoms with Crippen LogP contribution >= 0.6 is 34.8 Å². The van der Waals surface area contributed by atoms with Gasteiger partial charge in [0.1, 0.15) is 5.82 Å². The smallest absolute Gasteiger partial charge is 0.178 e. The molecular weight excluding hydrogens is 378 g/mol. The molecule has 2 aromatic rings. The molecule has 0 aliphatic carbocycles. The van der Waals surface area contributed by atoms with Crippen LogP contribution in [0.5, 0.6) is 0 Å². The predicted molar refractivity (Wildman–Crippen MR) is 85.5 cm³/mol. The summed E-state index contributed by atoms with van der Waals surface area (Å²) in [6, 6.07) is 3.32. The van der Waals surface area contributed by atoms with Crippen LogP contribution in [-0.4, -0.2) is 22.8 Å². The second kappa shape index (κ2) is 6.81. The molecule has 1 N–H and O–H groups in total. The highest BCUT2D eigenvalue weighted by Gasteiger charge is 2.08. The number of aryl methyl sites for hydroxylation is 1. The summed E-state index contributed by atoms with van der Waals surface area (Å²) in [5.41, 5.74) is 1.70. The highest BCUT2D eigenvalue weighted by Crippen LogP contribution is 2.20. The Balaban J connectivity index is 2.16. The summed E-state index contributed by atoms with van der Waals surface area (Å²) in [7, 11) is 0. The Morgan fingerprint density at radius 3 is 2.95 bits per heavy atom. The molecular formula is C13H16FIN2OS. The van der Waals surface area contributed by atoms with Crippen LogP contribution in [0.2, 0.25) is 0 Å². The van der Waals surface area contributed by atoms with Crippen LogP contribution in [0.3, 0.4) is 0 Å². The molecule has 0 atom stereocenters. The minimum atomic E-state index is -0.210. The number of fused-ring (bicyclic) bond motifs is 1. The van der Waals surface area contributed by atoms with Crippen molar-refractivity contribution in [2.24, 2.45) is 0 Å². The van der Waals surface area contributed by atoms with Gasteiger partial charge in [-0.05, 0) is 53.7 Å². The van der Waals surface area contributed by atoms with E-state index in [1.807, 2.05) is 27.2 Å². The average molecular weight is 394 g/mol. The summed E-state index contributed by atoms with van der Waals surface area (Å²) in [5, 5.41) is 0. The van der Waals surface area contributed by atoms with Crippen molar-refractivity contribution >= 4 is 45.8 Å². The quantitative estimate of drug-likeness (QED) is 0.451. The van der Waals surface area contributed by atoms with Crippen molar-refractivity contribution in [3.8, 4) is 0 Å². The number of imidazole rings is 1. The summed E-state index contributed by atoms with van der Waals surface area (Å²) in [4.78, 5) is 3.11. The van der Waals surface area contributed by atoms with Crippen LogP contribution in [0.4, 0.5) is 4.39 Å². The molecule has 0 spiro atoms. The average Bonchev–Trinajstić information content (AvgIpc) is 2.66. The number of nitrogens with zero attached hydrogens (tertiary/aromatic N) is 1. The minimum absolute atomic E-state index is 0.210. The molecule has 0 amide bonds. The Hall–Kier alpha value is -0.470. The minimum Gasteiger partial charge on any atom is -0.381 e. The number of ether oxygens (including phenoxy) is 1. The summed E-state index contributed by atoms with van der Waals surface area (Å²) in [5.74, 6) is -0.210. The molecule has 0 fully saturated rings. The van der Waals surface area contributed by atoms with Crippen LogP contribution in [0.25, 0.3) is 11.0 Å². The topological polar surface area (TPSA) is 29.9 Å². The van der Waals surface area contributed by atoms with Gasteiger partial charge in [-0.25, -0.2) is 4.39 Å². The molecule has 0 bridgehead atoms. The van der Waals surface area contributed by atoms with Crippen molar-refractivity contribution in [2.45, 2.75) is 26.3 Å². The van der Waals surface area contributed by atoms with Gasteiger partial charge in [-0.15, -0.1) is 0 Å². The Morgan fingerprint density at radius 1 is 1.42 bits per heavy atom. The number of rotatable bonds is 6. The first kappa shape index (κ1) is 14.9. The molecule has 0 unspecified atom stereocenters. The SMILES string of the molecule is CCCOCCCn1c(=S)[nH]c2cc(I)c(F)cc21. The number of hydrogen-bond donors (Lipinski definition) is 1. The van der Waals surface area contributed by atoms with E-state index >= 15 is 0 Å². The lowest BCUT2D eigenvalue weighted by atomic mass is 10.3. The second-order valence-corrected chi connectivity index (χ2v) is 5.88. The van der Waals surface area contributed by atoms with Gasteiger partial charge >= 0.3 is 0 Å². The Morgan fingerprint density at radius 2 is 2.21 bits per heavy atom. The van der Waals surface area contributed by atoms with Gasteiger partial charge in [0.25, 0.3) is 0 Å². The van der Waals surface area contributed by atoms with E-state index in [2.05, 4.69) is 11.9 Å². The second-order valence-electron chi connectivity index (χ2n) is 4.33. The number of aromatic amines is 1. The number of nitrogens with one attached hydrogen (secondary N) is 1. The summed E-state index contributed by atoms with van der Waals surface area (Å²) >= 11 is 7.26.